The van der Waals surface area contributed by atoms with Crippen molar-refractivity contribution in [3.05, 3.63) is 33.3 Å². The predicted molar refractivity (Wildman–Crippen MR) is 76.9 cm³/mol. The molecule has 0 atom stereocenters. The molecule has 1 aromatic carbocycles. The number of ether oxygens (including phenoxy) is 1. The van der Waals surface area contributed by atoms with Gasteiger partial charge in [-0.25, -0.2) is 8.42 Å². The lowest BCUT2D eigenvalue weighted by atomic mass is 10.3. The number of nitro benzene ring substituents is 1. The highest BCUT2D eigenvalue weighted by Gasteiger charge is 2.38. The Labute approximate surface area is 127 Å². The number of halogens is 1. The van der Waals surface area contributed by atoms with Gasteiger partial charge in [-0.1, -0.05) is 11.6 Å². The molecule has 1 aliphatic carbocycles. The molecule has 1 aromatic rings. The lowest BCUT2D eigenvalue weighted by Crippen LogP contribution is -2.35. The van der Waals surface area contributed by atoms with Crippen molar-refractivity contribution < 1.29 is 18.1 Å². The molecule has 0 saturated heterocycles. The van der Waals surface area contributed by atoms with Gasteiger partial charge >= 0.3 is 0 Å². The maximum Gasteiger partial charge on any atom is 0.289 e. The second-order valence-corrected chi connectivity index (χ2v) is 7.01. The summed E-state index contributed by atoms with van der Waals surface area (Å²) in [4.78, 5) is 10.1. The van der Waals surface area contributed by atoms with Crippen LogP contribution >= 0.6 is 11.6 Å². The van der Waals surface area contributed by atoms with E-state index < -0.39 is 20.6 Å². The quantitative estimate of drug-likeness (QED) is 0.562. The van der Waals surface area contributed by atoms with Crippen LogP contribution in [0.3, 0.4) is 0 Å². The van der Waals surface area contributed by atoms with Gasteiger partial charge in [-0.2, -0.15) is 4.31 Å². The molecule has 21 heavy (non-hydrogen) atoms. The van der Waals surface area contributed by atoms with Crippen LogP contribution in [0.15, 0.2) is 23.1 Å². The Bertz CT molecular complexity index is 645. The SMILES string of the molecule is COCCN(C1CC1)S(=O)(=O)c1ccc(Cl)c([N+](=O)[O-])c1. The first-order valence-electron chi connectivity index (χ1n) is 6.32. The van der Waals surface area contributed by atoms with E-state index >= 15 is 0 Å². The first-order valence-corrected chi connectivity index (χ1v) is 8.14. The smallest absolute Gasteiger partial charge is 0.289 e. The van der Waals surface area contributed by atoms with Crippen molar-refractivity contribution in [1.29, 1.82) is 0 Å². The number of hydrogen-bond donors (Lipinski definition) is 0. The fourth-order valence-corrected chi connectivity index (χ4v) is 3.85. The highest BCUT2D eigenvalue weighted by molar-refractivity contribution is 7.89. The molecule has 1 fully saturated rings. The molecule has 7 nitrogen and oxygen atoms in total. The van der Waals surface area contributed by atoms with Gasteiger partial charge < -0.3 is 4.74 Å². The zero-order valence-corrected chi connectivity index (χ0v) is 12.9. The summed E-state index contributed by atoms with van der Waals surface area (Å²) in [6.07, 6.45) is 1.58. The minimum atomic E-state index is -3.79. The fourth-order valence-electron chi connectivity index (χ4n) is 1.97. The third kappa shape index (κ3) is 3.52. The summed E-state index contributed by atoms with van der Waals surface area (Å²) >= 11 is 5.71. The monoisotopic (exact) mass is 334 g/mol. The molecule has 0 unspecified atom stereocenters. The Morgan fingerprint density at radius 2 is 2.14 bits per heavy atom. The molecule has 0 aromatic heterocycles. The van der Waals surface area contributed by atoms with Crippen LogP contribution in [0.2, 0.25) is 5.02 Å². The van der Waals surface area contributed by atoms with Gasteiger partial charge in [0.2, 0.25) is 10.0 Å². The van der Waals surface area contributed by atoms with Crippen LogP contribution in [-0.2, 0) is 14.8 Å². The van der Waals surface area contributed by atoms with Crippen LogP contribution in [0.25, 0.3) is 0 Å². The molecule has 0 aliphatic heterocycles. The number of benzene rings is 1. The molecule has 0 bridgehead atoms. The molecule has 0 spiro atoms. The normalized spacial score (nSPS) is 15.4. The molecule has 0 N–H and O–H groups in total. The summed E-state index contributed by atoms with van der Waals surface area (Å²) in [6, 6.07) is 3.46. The lowest BCUT2D eigenvalue weighted by Gasteiger charge is -2.21. The van der Waals surface area contributed by atoms with Gasteiger partial charge in [0.15, 0.2) is 0 Å². The molecule has 0 amide bonds. The molecular weight excluding hydrogens is 320 g/mol. The highest BCUT2D eigenvalue weighted by atomic mass is 35.5. The molecule has 0 radical (unpaired) electrons. The first kappa shape index (κ1) is 16.2. The zero-order chi connectivity index (χ0) is 15.6. The summed E-state index contributed by atoms with van der Waals surface area (Å²) in [5.74, 6) is 0. The molecule has 1 aliphatic rings. The van der Waals surface area contributed by atoms with Crippen molar-refractivity contribution in [1.82, 2.24) is 4.31 Å². The van der Waals surface area contributed by atoms with Crippen molar-refractivity contribution in [3.63, 3.8) is 0 Å². The summed E-state index contributed by atoms with van der Waals surface area (Å²) in [5.41, 5.74) is -0.416. The van der Waals surface area contributed by atoms with E-state index in [1.165, 1.54) is 23.5 Å². The van der Waals surface area contributed by atoms with Crippen LogP contribution < -0.4 is 0 Å². The molecule has 2 rings (SSSR count). The van der Waals surface area contributed by atoms with E-state index in [2.05, 4.69) is 0 Å². The van der Waals surface area contributed by atoms with Crippen LogP contribution in [0.1, 0.15) is 12.8 Å². The van der Waals surface area contributed by atoms with Crippen molar-refractivity contribution in [2.24, 2.45) is 0 Å². The summed E-state index contributed by atoms with van der Waals surface area (Å²) in [6.45, 7) is 0.491. The van der Waals surface area contributed by atoms with Gasteiger partial charge in [-0.15, -0.1) is 0 Å². The Morgan fingerprint density at radius 1 is 1.48 bits per heavy atom. The number of rotatable bonds is 7. The zero-order valence-electron chi connectivity index (χ0n) is 11.4. The van der Waals surface area contributed by atoms with Gasteiger partial charge in [0.25, 0.3) is 5.69 Å². The van der Waals surface area contributed by atoms with Gasteiger partial charge in [0.05, 0.1) is 16.4 Å². The third-order valence-corrected chi connectivity index (χ3v) is 5.46. The van der Waals surface area contributed by atoms with E-state index in [9.17, 15) is 18.5 Å². The third-order valence-electron chi connectivity index (χ3n) is 3.19. The molecule has 9 heteroatoms. The molecule has 0 heterocycles. The molecule has 116 valence electrons. The number of nitro groups is 1. The topological polar surface area (TPSA) is 89.8 Å². The van der Waals surface area contributed by atoms with E-state index in [-0.39, 0.29) is 29.1 Å². The standard InChI is InChI=1S/C12H15ClN2O5S/c1-20-7-6-14(9-2-3-9)21(18,19)10-4-5-11(13)12(8-10)15(16)17/h4-5,8-9H,2-3,6-7H2,1H3. The summed E-state index contributed by atoms with van der Waals surface area (Å²) in [7, 11) is -2.30. The van der Waals surface area contributed by atoms with Crippen LogP contribution in [0, 0.1) is 10.1 Å². The fraction of sp³-hybridized carbons (Fsp3) is 0.500. The van der Waals surface area contributed by atoms with E-state index in [4.69, 9.17) is 16.3 Å². The van der Waals surface area contributed by atoms with Crippen LogP contribution in [-0.4, -0.2) is 43.9 Å². The Kier molecular flexibility index (Phi) is 4.82. The average molecular weight is 335 g/mol. The lowest BCUT2D eigenvalue weighted by molar-refractivity contribution is -0.384. The average Bonchev–Trinajstić information content (AvgIpc) is 3.23. The van der Waals surface area contributed by atoms with E-state index in [1.54, 1.807) is 0 Å². The first-order chi connectivity index (χ1) is 9.87. The predicted octanol–water partition coefficient (Wildman–Crippen LogP) is 2.05. The Morgan fingerprint density at radius 3 is 2.67 bits per heavy atom. The Hall–Kier alpha value is -1.22. The van der Waals surface area contributed by atoms with Crippen LogP contribution in [0.4, 0.5) is 5.69 Å². The summed E-state index contributed by atoms with van der Waals surface area (Å²) in [5, 5.41) is 10.8. The van der Waals surface area contributed by atoms with E-state index in [0.29, 0.717) is 0 Å². The maximum atomic E-state index is 12.6. The van der Waals surface area contributed by atoms with Gasteiger partial charge in [-0.3, -0.25) is 10.1 Å². The van der Waals surface area contributed by atoms with E-state index in [0.717, 1.165) is 18.9 Å². The minimum Gasteiger partial charge on any atom is -0.383 e. The minimum absolute atomic E-state index is 0.0557. The van der Waals surface area contributed by atoms with Crippen molar-refractivity contribution in [2.45, 2.75) is 23.8 Å². The molecule has 1 saturated carbocycles. The van der Waals surface area contributed by atoms with Crippen molar-refractivity contribution in [3.8, 4) is 0 Å². The summed E-state index contributed by atoms with van der Waals surface area (Å²) < 4.78 is 31.5. The van der Waals surface area contributed by atoms with Crippen molar-refractivity contribution in [2.75, 3.05) is 20.3 Å². The molecular formula is C12H15ClN2O5S. The number of methoxy groups -OCH3 is 1. The van der Waals surface area contributed by atoms with Gasteiger partial charge in [-0.05, 0) is 25.0 Å². The second kappa shape index (κ2) is 6.27. The van der Waals surface area contributed by atoms with Gasteiger partial charge in [0.1, 0.15) is 5.02 Å². The number of hydrogen-bond acceptors (Lipinski definition) is 5. The highest BCUT2D eigenvalue weighted by Crippen LogP contribution is 2.34. The van der Waals surface area contributed by atoms with Crippen molar-refractivity contribution >= 4 is 27.3 Å². The van der Waals surface area contributed by atoms with Gasteiger partial charge in [0, 0.05) is 25.8 Å². The number of nitrogens with zero attached hydrogens (tertiary/aromatic N) is 2. The van der Waals surface area contributed by atoms with E-state index in [1.807, 2.05) is 0 Å². The number of sulfonamides is 1. The largest absolute Gasteiger partial charge is 0.383 e. The maximum absolute atomic E-state index is 12.6. The second-order valence-electron chi connectivity index (χ2n) is 4.71. The Balaban J connectivity index is 2.37. The van der Waals surface area contributed by atoms with Crippen LogP contribution in [0.5, 0.6) is 0 Å².